The highest BCUT2D eigenvalue weighted by Crippen LogP contribution is 2.29. The summed E-state index contributed by atoms with van der Waals surface area (Å²) in [5.41, 5.74) is 1.39. The number of hydrogen-bond donors (Lipinski definition) is 0. The lowest BCUT2D eigenvalue weighted by Crippen LogP contribution is -2.15. The molecule has 0 bridgehead atoms. The molecule has 0 N–H and O–H groups in total. The van der Waals surface area contributed by atoms with E-state index in [-0.39, 0.29) is 5.78 Å². The number of benzene rings is 1. The van der Waals surface area contributed by atoms with Gasteiger partial charge in [0, 0.05) is 10.5 Å². The first-order chi connectivity index (χ1) is 8.49. The fraction of sp³-hybridized carbons (Fsp3) is 0.333. The second-order valence-corrected chi connectivity index (χ2v) is 4.76. The zero-order valence-electron chi connectivity index (χ0n) is 10.3. The Balaban J connectivity index is 3.01. The molecule has 0 saturated heterocycles. The number of carbonyl (C=O) groups excluding carboxylic acids is 2. The van der Waals surface area contributed by atoms with E-state index in [1.807, 2.05) is 6.92 Å². The van der Waals surface area contributed by atoms with E-state index < -0.39 is 11.3 Å². The fourth-order valence-corrected chi connectivity index (χ4v) is 2.20. The number of ether oxygens (including phenoxy) is 1. The predicted octanol–water partition coefficient (Wildman–Crippen LogP) is 2.56. The van der Waals surface area contributed by atoms with Crippen LogP contribution >= 0.6 is 11.8 Å². The van der Waals surface area contributed by atoms with Gasteiger partial charge in [-0.25, -0.2) is 4.79 Å². The molecule has 0 spiro atoms. The first-order valence-electron chi connectivity index (χ1n) is 5.18. The van der Waals surface area contributed by atoms with Crippen molar-refractivity contribution in [3.63, 3.8) is 0 Å². The van der Waals surface area contributed by atoms with Gasteiger partial charge < -0.3 is 4.74 Å². The first-order valence-corrected chi connectivity index (χ1v) is 6.06. The molecule has 0 amide bonds. The third-order valence-corrected chi connectivity index (χ3v) is 3.53. The van der Waals surface area contributed by atoms with Crippen molar-refractivity contribution in [3.05, 3.63) is 34.2 Å². The van der Waals surface area contributed by atoms with Gasteiger partial charge in [-0.05, 0) is 30.7 Å². The maximum absolute atomic E-state index is 11.3. The van der Waals surface area contributed by atoms with Gasteiger partial charge >= 0.3 is 5.97 Å². The lowest BCUT2D eigenvalue weighted by atomic mass is 10.1. The molecular formula is C12H13NO4S. The van der Waals surface area contributed by atoms with Gasteiger partial charge in [-0.15, -0.1) is 4.91 Å². The van der Waals surface area contributed by atoms with E-state index >= 15 is 0 Å². The van der Waals surface area contributed by atoms with Gasteiger partial charge in [0.05, 0.1) is 7.11 Å². The molecule has 0 radical (unpaired) electrons. The second kappa shape index (κ2) is 6.30. The standard InChI is InChI=1S/C12H13NO4S/c1-7-4-5-9(8(2)14)6-10(7)18-11(13-16)12(15)17-3/h4-6,11H,1-3H3. The van der Waals surface area contributed by atoms with Crippen molar-refractivity contribution < 1.29 is 14.3 Å². The van der Waals surface area contributed by atoms with E-state index in [0.717, 1.165) is 17.3 Å². The summed E-state index contributed by atoms with van der Waals surface area (Å²) in [4.78, 5) is 33.8. The monoisotopic (exact) mass is 267 g/mol. The smallest absolute Gasteiger partial charge is 0.345 e. The molecule has 0 aliphatic heterocycles. The van der Waals surface area contributed by atoms with Crippen LogP contribution in [-0.2, 0) is 9.53 Å². The van der Waals surface area contributed by atoms with Crippen LogP contribution in [0.5, 0.6) is 0 Å². The molecule has 0 saturated carbocycles. The van der Waals surface area contributed by atoms with Gasteiger partial charge in [0.25, 0.3) is 0 Å². The van der Waals surface area contributed by atoms with Crippen LogP contribution in [0.25, 0.3) is 0 Å². The van der Waals surface area contributed by atoms with Crippen molar-refractivity contribution in [2.45, 2.75) is 24.1 Å². The Labute approximate surface area is 109 Å². The fourth-order valence-electron chi connectivity index (χ4n) is 1.28. The van der Waals surface area contributed by atoms with Gasteiger partial charge in [0.15, 0.2) is 5.78 Å². The molecule has 0 heterocycles. The number of carbonyl (C=O) groups is 2. The molecule has 6 heteroatoms. The van der Waals surface area contributed by atoms with Crippen LogP contribution in [0.2, 0.25) is 0 Å². The predicted molar refractivity (Wildman–Crippen MR) is 68.6 cm³/mol. The molecule has 1 rings (SSSR count). The summed E-state index contributed by atoms with van der Waals surface area (Å²) in [6.07, 6.45) is 0. The highest BCUT2D eigenvalue weighted by molar-refractivity contribution is 8.00. The Bertz CT molecular complexity index is 487. The number of hydrogen-bond acceptors (Lipinski definition) is 6. The number of nitroso groups, excluding NO2 is 1. The second-order valence-electron chi connectivity index (χ2n) is 3.64. The summed E-state index contributed by atoms with van der Waals surface area (Å²) in [6.45, 7) is 3.28. The number of aryl methyl sites for hydroxylation is 1. The zero-order valence-corrected chi connectivity index (χ0v) is 11.1. The summed E-state index contributed by atoms with van der Waals surface area (Å²) >= 11 is 0.974. The Morgan fingerprint density at radius 2 is 2.06 bits per heavy atom. The molecule has 5 nitrogen and oxygen atoms in total. The number of ketones is 1. The van der Waals surface area contributed by atoms with Crippen molar-refractivity contribution in [1.29, 1.82) is 0 Å². The van der Waals surface area contributed by atoms with E-state index in [1.165, 1.54) is 14.0 Å². The summed E-state index contributed by atoms with van der Waals surface area (Å²) < 4.78 is 4.47. The maximum Gasteiger partial charge on any atom is 0.345 e. The van der Waals surface area contributed by atoms with Crippen LogP contribution in [0.3, 0.4) is 0 Å². The van der Waals surface area contributed by atoms with E-state index in [4.69, 9.17) is 0 Å². The molecule has 0 aliphatic carbocycles. The van der Waals surface area contributed by atoms with Crippen LogP contribution in [0.4, 0.5) is 0 Å². The highest BCUT2D eigenvalue weighted by atomic mass is 32.2. The molecule has 0 fully saturated rings. The molecule has 1 unspecified atom stereocenters. The van der Waals surface area contributed by atoms with Gasteiger partial charge in [-0.2, -0.15) is 0 Å². The lowest BCUT2D eigenvalue weighted by Gasteiger charge is -2.10. The van der Waals surface area contributed by atoms with Gasteiger partial charge in [0.1, 0.15) is 0 Å². The minimum Gasteiger partial charge on any atom is -0.467 e. The van der Waals surface area contributed by atoms with E-state index in [0.29, 0.717) is 10.5 Å². The largest absolute Gasteiger partial charge is 0.467 e. The van der Waals surface area contributed by atoms with Crippen molar-refractivity contribution in [2.24, 2.45) is 5.18 Å². The maximum atomic E-state index is 11.3. The third kappa shape index (κ3) is 3.40. The Morgan fingerprint density at radius 1 is 1.39 bits per heavy atom. The molecule has 0 aromatic heterocycles. The average molecular weight is 267 g/mol. The number of thioether (sulfide) groups is 1. The molecule has 0 aliphatic rings. The molecule has 96 valence electrons. The summed E-state index contributed by atoms with van der Waals surface area (Å²) in [5.74, 6) is -0.784. The van der Waals surface area contributed by atoms with E-state index in [9.17, 15) is 14.5 Å². The molecule has 1 atom stereocenters. The summed E-state index contributed by atoms with van der Waals surface area (Å²) in [7, 11) is 1.19. The van der Waals surface area contributed by atoms with Gasteiger partial charge in [0.2, 0.25) is 5.37 Å². The highest BCUT2D eigenvalue weighted by Gasteiger charge is 2.22. The number of nitrogens with zero attached hydrogens (tertiary/aromatic N) is 1. The Morgan fingerprint density at radius 3 is 2.56 bits per heavy atom. The summed E-state index contributed by atoms with van der Waals surface area (Å²) in [6, 6.07) is 5.10. The Kier molecular flexibility index (Phi) is 5.03. The topological polar surface area (TPSA) is 72.8 Å². The quantitative estimate of drug-likeness (QED) is 0.355. The first kappa shape index (κ1) is 14.4. The molecule has 1 aromatic rings. The van der Waals surface area contributed by atoms with Crippen LogP contribution < -0.4 is 0 Å². The van der Waals surface area contributed by atoms with Gasteiger partial charge in [-0.3, -0.25) is 4.79 Å². The number of Topliss-reactive ketones (excluding diaryl/α,β-unsaturated/α-hetero) is 1. The van der Waals surface area contributed by atoms with Crippen molar-refractivity contribution in [2.75, 3.05) is 7.11 Å². The van der Waals surface area contributed by atoms with Gasteiger partial charge in [-0.1, -0.05) is 23.9 Å². The van der Waals surface area contributed by atoms with Crippen molar-refractivity contribution >= 4 is 23.5 Å². The van der Waals surface area contributed by atoms with Crippen molar-refractivity contribution in [3.8, 4) is 0 Å². The lowest BCUT2D eigenvalue weighted by molar-refractivity contribution is -0.139. The molecule has 18 heavy (non-hydrogen) atoms. The van der Waals surface area contributed by atoms with E-state index in [1.54, 1.807) is 18.2 Å². The van der Waals surface area contributed by atoms with Crippen LogP contribution in [-0.4, -0.2) is 24.2 Å². The number of rotatable bonds is 5. The Hall–Kier alpha value is -1.69. The minimum atomic E-state index is -1.16. The van der Waals surface area contributed by atoms with Crippen LogP contribution in [0, 0.1) is 11.8 Å². The SMILES string of the molecule is COC(=O)C(N=O)Sc1cc(C(C)=O)ccc1C. The molecular weight excluding hydrogens is 254 g/mol. The third-order valence-electron chi connectivity index (χ3n) is 2.33. The number of esters is 1. The normalized spacial score (nSPS) is 11.7. The minimum absolute atomic E-state index is 0.0782. The average Bonchev–Trinajstić information content (AvgIpc) is 2.36. The van der Waals surface area contributed by atoms with Crippen LogP contribution in [0.1, 0.15) is 22.8 Å². The van der Waals surface area contributed by atoms with E-state index in [2.05, 4.69) is 9.91 Å². The summed E-state index contributed by atoms with van der Waals surface area (Å²) in [5, 5.41) is 1.57. The molecule has 1 aromatic carbocycles. The van der Waals surface area contributed by atoms with Crippen molar-refractivity contribution in [1.82, 2.24) is 0 Å². The zero-order chi connectivity index (χ0) is 13.7. The van der Waals surface area contributed by atoms with Crippen LogP contribution in [0.15, 0.2) is 28.3 Å². The number of methoxy groups -OCH3 is 1.